The molecule has 1 aliphatic carbocycles. The average molecular weight is 312 g/mol. The average Bonchev–Trinajstić information content (AvgIpc) is 2.36. The van der Waals surface area contributed by atoms with E-state index >= 15 is 0 Å². The number of benzene rings is 1. The highest BCUT2D eigenvalue weighted by Gasteiger charge is 2.22. The molecule has 2 N–H and O–H groups in total. The molecule has 0 saturated heterocycles. The summed E-state index contributed by atoms with van der Waals surface area (Å²) in [7, 11) is 0. The maximum atomic E-state index is 6.15. The van der Waals surface area contributed by atoms with Crippen molar-refractivity contribution in [2.24, 2.45) is 5.92 Å². The van der Waals surface area contributed by atoms with Gasteiger partial charge in [0.25, 0.3) is 0 Å². The summed E-state index contributed by atoms with van der Waals surface area (Å²) in [6.07, 6.45) is 6.64. The van der Waals surface area contributed by atoms with E-state index in [4.69, 9.17) is 10.5 Å². The summed E-state index contributed by atoms with van der Waals surface area (Å²) in [6, 6.07) is 3.97. The van der Waals surface area contributed by atoms with Gasteiger partial charge in [0, 0.05) is 5.69 Å². The van der Waals surface area contributed by atoms with Crippen molar-refractivity contribution in [1.29, 1.82) is 0 Å². The first kappa shape index (κ1) is 13.7. The number of hydrogen-bond donors (Lipinski definition) is 1. The molecule has 1 aromatic carbocycles. The summed E-state index contributed by atoms with van der Waals surface area (Å²) < 4.78 is 7.11. The Labute approximate surface area is 118 Å². The molecule has 0 aliphatic heterocycles. The molecule has 3 heteroatoms. The zero-order valence-corrected chi connectivity index (χ0v) is 12.8. The van der Waals surface area contributed by atoms with Gasteiger partial charge in [-0.1, -0.05) is 19.8 Å². The van der Waals surface area contributed by atoms with Crippen molar-refractivity contribution in [3.63, 3.8) is 0 Å². The first-order valence-corrected chi connectivity index (χ1v) is 7.61. The van der Waals surface area contributed by atoms with Gasteiger partial charge in [0.15, 0.2) is 0 Å². The van der Waals surface area contributed by atoms with Crippen molar-refractivity contribution >= 4 is 21.6 Å². The largest absolute Gasteiger partial charge is 0.489 e. The van der Waals surface area contributed by atoms with Gasteiger partial charge in [-0.3, -0.25) is 0 Å². The van der Waals surface area contributed by atoms with Gasteiger partial charge in [0.05, 0.1) is 10.6 Å². The molecule has 100 valence electrons. The second-order valence-corrected chi connectivity index (χ2v) is 6.17. The van der Waals surface area contributed by atoms with E-state index in [0.29, 0.717) is 6.10 Å². The molecule has 2 atom stereocenters. The minimum Gasteiger partial charge on any atom is -0.489 e. The summed E-state index contributed by atoms with van der Waals surface area (Å²) in [4.78, 5) is 0. The summed E-state index contributed by atoms with van der Waals surface area (Å²) in [6.45, 7) is 4.29. The normalized spacial score (nSPS) is 23.9. The summed E-state index contributed by atoms with van der Waals surface area (Å²) in [5.41, 5.74) is 7.77. The molecule has 0 radical (unpaired) electrons. The molecule has 0 amide bonds. The molecule has 0 spiro atoms. The molecule has 0 aromatic heterocycles. The molecule has 1 fully saturated rings. The lowest BCUT2D eigenvalue weighted by Crippen LogP contribution is -2.25. The first-order chi connectivity index (χ1) is 8.60. The zero-order chi connectivity index (χ0) is 13.1. The lowest BCUT2D eigenvalue weighted by Gasteiger charge is -2.29. The van der Waals surface area contributed by atoms with E-state index in [1.165, 1.54) is 32.1 Å². The highest BCUT2D eigenvalue weighted by Crippen LogP contribution is 2.34. The minimum atomic E-state index is 0.364. The molecule has 0 bridgehead atoms. The summed E-state index contributed by atoms with van der Waals surface area (Å²) in [5.74, 6) is 1.76. The fraction of sp³-hybridized carbons (Fsp3) is 0.600. The van der Waals surface area contributed by atoms with Gasteiger partial charge in [0.1, 0.15) is 5.75 Å². The van der Waals surface area contributed by atoms with Crippen molar-refractivity contribution < 1.29 is 4.74 Å². The molecule has 2 unspecified atom stereocenters. The second-order valence-electron chi connectivity index (χ2n) is 5.32. The molecular formula is C15H22BrNO. The maximum absolute atomic E-state index is 6.15. The Bertz CT molecular complexity index is 419. The van der Waals surface area contributed by atoms with E-state index in [9.17, 15) is 0 Å². The van der Waals surface area contributed by atoms with Crippen LogP contribution in [-0.2, 0) is 0 Å². The van der Waals surface area contributed by atoms with Crippen LogP contribution in [0.15, 0.2) is 16.6 Å². The number of hydrogen-bond acceptors (Lipinski definition) is 2. The Morgan fingerprint density at radius 2 is 2.17 bits per heavy atom. The van der Waals surface area contributed by atoms with E-state index in [2.05, 4.69) is 22.9 Å². The van der Waals surface area contributed by atoms with Crippen LogP contribution in [0.4, 0.5) is 5.69 Å². The van der Waals surface area contributed by atoms with Gasteiger partial charge >= 0.3 is 0 Å². The van der Waals surface area contributed by atoms with Crippen molar-refractivity contribution in [3.8, 4) is 5.75 Å². The third-order valence-electron chi connectivity index (χ3n) is 3.93. The Morgan fingerprint density at radius 3 is 2.89 bits per heavy atom. The van der Waals surface area contributed by atoms with Crippen LogP contribution >= 0.6 is 15.9 Å². The van der Waals surface area contributed by atoms with E-state index in [-0.39, 0.29) is 0 Å². The third kappa shape index (κ3) is 3.19. The fourth-order valence-electron chi connectivity index (χ4n) is 2.66. The van der Waals surface area contributed by atoms with Crippen LogP contribution in [-0.4, -0.2) is 6.10 Å². The lowest BCUT2D eigenvalue weighted by atomic mass is 9.85. The third-order valence-corrected chi connectivity index (χ3v) is 4.55. The second kappa shape index (κ2) is 5.96. The molecular weight excluding hydrogens is 290 g/mol. The number of nitrogens with two attached hydrogens (primary N) is 1. The van der Waals surface area contributed by atoms with Gasteiger partial charge in [-0.25, -0.2) is 0 Å². The summed E-state index contributed by atoms with van der Waals surface area (Å²) >= 11 is 3.54. The van der Waals surface area contributed by atoms with Gasteiger partial charge < -0.3 is 10.5 Å². The van der Waals surface area contributed by atoms with Crippen LogP contribution in [0.1, 0.15) is 44.6 Å². The minimum absolute atomic E-state index is 0.364. The number of rotatable bonds is 3. The smallest absolute Gasteiger partial charge is 0.134 e. The van der Waals surface area contributed by atoms with Crippen molar-refractivity contribution in [2.45, 2.75) is 52.1 Å². The Balaban J connectivity index is 2.07. The summed E-state index contributed by atoms with van der Waals surface area (Å²) in [5, 5.41) is 0. The van der Waals surface area contributed by atoms with Crippen molar-refractivity contribution in [1.82, 2.24) is 0 Å². The Hall–Kier alpha value is -0.700. The SMILES string of the molecule is CCC1CCCC(Oc2cc(C)c(N)cc2Br)C1. The number of aryl methyl sites for hydroxylation is 1. The van der Waals surface area contributed by atoms with Crippen LogP contribution < -0.4 is 10.5 Å². The predicted molar refractivity (Wildman–Crippen MR) is 80.0 cm³/mol. The van der Waals surface area contributed by atoms with Crippen LogP contribution in [0.25, 0.3) is 0 Å². The predicted octanol–water partition coefficient (Wildman–Crippen LogP) is 4.69. The number of ether oxygens (including phenoxy) is 1. The number of anilines is 1. The maximum Gasteiger partial charge on any atom is 0.134 e. The molecule has 0 heterocycles. The molecule has 1 saturated carbocycles. The Kier molecular flexibility index (Phi) is 4.55. The van der Waals surface area contributed by atoms with Crippen molar-refractivity contribution in [2.75, 3.05) is 5.73 Å². The number of halogens is 1. The van der Waals surface area contributed by atoms with Gasteiger partial charge in [0.2, 0.25) is 0 Å². The van der Waals surface area contributed by atoms with Crippen molar-refractivity contribution in [3.05, 3.63) is 22.2 Å². The highest BCUT2D eigenvalue weighted by molar-refractivity contribution is 9.10. The van der Waals surface area contributed by atoms with Gasteiger partial charge in [-0.05, 0) is 65.7 Å². The first-order valence-electron chi connectivity index (χ1n) is 6.82. The van der Waals surface area contributed by atoms with E-state index in [1.807, 2.05) is 19.1 Å². The molecule has 18 heavy (non-hydrogen) atoms. The molecule has 1 aromatic rings. The van der Waals surface area contributed by atoms with E-state index < -0.39 is 0 Å². The fourth-order valence-corrected chi connectivity index (χ4v) is 3.11. The lowest BCUT2D eigenvalue weighted by molar-refractivity contribution is 0.121. The molecule has 2 rings (SSSR count). The van der Waals surface area contributed by atoms with Crippen LogP contribution in [0.3, 0.4) is 0 Å². The van der Waals surface area contributed by atoms with Gasteiger partial charge in [-0.15, -0.1) is 0 Å². The van der Waals surface area contributed by atoms with E-state index in [0.717, 1.165) is 27.4 Å². The van der Waals surface area contributed by atoms with Crippen LogP contribution in [0.2, 0.25) is 0 Å². The quantitative estimate of drug-likeness (QED) is 0.822. The van der Waals surface area contributed by atoms with E-state index in [1.54, 1.807) is 0 Å². The molecule has 2 nitrogen and oxygen atoms in total. The number of nitrogen functional groups attached to an aromatic ring is 1. The Morgan fingerprint density at radius 1 is 1.39 bits per heavy atom. The zero-order valence-electron chi connectivity index (χ0n) is 11.2. The van der Waals surface area contributed by atoms with Gasteiger partial charge in [-0.2, -0.15) is 0 Å². The monoisotopic (exact) mass is 311 g/mol. The van der Waals surface area contributed by atoms with Crippen LogP contribution in [0.5, 0.6) is 5.75 Å². The molecule has 1 aliphatic rings. The topological polar surface area (TPSA) is 35.2 Å². The standard InChI is InChI=1S/C15H22BrNO/c1-3-11-5-4-6-12(8-11)18-15-7-10(2)14(17)9-13(15)16/h7,9,11-12H,3-6,8,17H2,1-2H3. The van der Waals surface area contributed by atoms with Crippen LogP contribution in [0, 0.1) is 12.8 Å². The highest BCUT2D eigenvalue weighted by atomic mass is 79.9.